The first-order valence-corrected chi connectivity index (χ1v) is 5.21. The molecule has 18 heavy (non-hydrogen) atoms. The molecule has 0 bridgehead atoms. The quantitative estimate of drug-likeness (QED) is 0.852. The van der Waals surface area contributed by atoms with E-state index in [1.54, 1.807) is 6.20 Å². The lowest BCUT2D eigenvalue weighted by atomic mass is 10.1. The third-order valence-electron chi connectivity index (χ3n) is 2.59. The van der Waals surface area contributed by atoms with Crippen molar-refractivity contribution >= 4 is 36.8 Å². The van der Waals surface area contributed by atoms with Crippen LogP contribution in [-0.2, 0) is 0 Å². The van der Waals surface area contributed by atoms with Crippen molar-refractivity contribution in [1.82, 2.24) is 5.16 Å². The van der Waals surface area contributed by atoms with Gasteiger partial charge in [-0.3, -0.25) is 4.99 Å². The Hall–Kier alpha value is -1.52. The van der Waals surface area contributed by atoms with Crippen LogP contribution in [0.15, 0.2) is 46.0 Å². The van der Waals surface area contributed by atoms with Crippen molar-refractivity contribution in [2.24, 2.45) is 4.99 Å². The minimum absolute atomic E-state index is 0. The highest BCUT2D eigenvalue weighted by molar-refractivity contribution is 5.85. The summed E-state index contributed by atoms with van der Waals surface area (Å²) in [4.78, 5) is 6.32. The zero-order chi connectivity index (χ0) is 10.8. The molecule has 1 aliphatic heterocycles. The third kappa shape index (κ3) is 2.83. The Morgan fingerprint density at radius 2 is 2.06 bits per heavy atom. The predicted octanol–water partition coefficient (Wildman–Crippen LogP) is 3.03. The lowest BCUT2D eigenvalue weighted by molar-refractivity contribution is 0.432. The van der Waals surface area contributed by atoms with Crippen LogP contribution in [0.5, 0.6) is 0 Å². The van der Waals surface area contributed by atoms with E-state index in [4.69, 9.17) is 4.52 Å². The maximum Gasteiger partial charge on any atom is 0.166 e. The van der Waals surface area contributed by atoms with Gasteiger partial charge in [-0.05, 0) is 12.1 Å². The summed E-state index contributed by atoms with van der Waals surface area (Å²) in [7, 11) is 0. The van der Waals surface area contributed by atoms with Crippen LogP contribution in [0, 0.1) is 0 Å². The molecule has 0 saturated heterocycles. The highest BCUT2D eigenvalue weighted by atomic mass is 35.5. The van der Waals surface area contributed by atoms with Crippen LogP contribution in [0.25, 0.3) is 11.3 Å². The van der Waals surface area contributed by atoms with E-state index >= 15 is 0 Å². The summed E-state index contributed by atoms with van der Waals surface area (Å²) in [5, 5.41) is 3.71. The summed E-state index contributed by atoms with van der Waals surface area (Å²) >= 11 is 0. The van der Waals surface area contributed by atoms with E-state index in [2.05, 4.69) is 27.2 Å². The van der Waals surface area contributed by atoms with Gasteiger partial charge in [0.1, 0.15) is 0 Å². The summed E-state index contributed by atoms with van der Waals surface area (Å²) in [6, 6.07) is 10.0. The molecule has 4 nitrogen and oxygen atoms in total. The van der Waals surface area contributed by atoms with Crippen LogP contribution < -0.4 is 4.90 Å². The Labute approximate surface area is 118 Å². The molecule has 0 aliphatic carbocycles. The van der Waals surface area contributed by atoms with Crippen molar-refractivity contribution in [3.05, 3.63) is 36.5 Å². The normalized spacial score (nSPS) is 13.0. The van der Waals surface area contributed by atoms with Gasteiger partial charge in [-0.15, -0.1) is 24.8 Å². The van der Waals surface area contributed by atoms with Gasteiger partial charge in [-0.1, -0.05) is 17.3 Å². The lowest BCUT2D eigenvalue weighted by Gasteiger charge is -2.14. The van der Waals surface area contributed by atoms with E-state index in [1.165, 1.54) is 0 Å². The second-order valence-electron chi connectivity index (χ2n) is 3.64. The van der Waals surface area contributed by atoms with E-state index in [0.717, 1.165) is 30.1 Å². The van der Waals surface area contributed by atoms with Crippen LogP contribution in [0.3, 0.4) is 0 Å². The third-order valence-corrected chi connectivity index (χ3v) is 2.59. The molecular formula is C12H13Cl2N3O. The summed E-state index contributed by atoms with van der Waals surface area (Å²) in [6.07, 6.45) is 3.53. The Morgan fingerprint density at radius 3 is 2.72 bits per heavy atom. The number of benzene rings is 1. The molecule has 2 heterocycles. The largest absolute Gasteiger partial charge is 0.356 e. The smallest absolute Gasteiger partial charge is 0.166 e. The topological polar surface area (TPSA) is 41.6 Å². The highest BCUT2D eigenvalue weighted by Crippen LogP contribution is 2.24. The van der Waals surface area contributed by atoms with Gasteiger partial charge in [-0.25, -0.2) is 0 Å². The van der Waals surface area contributed by atoms with Crippen molar-refractivity contribution in [2.75, 3.05) is 18.0 Å². The molecule has 1 aromatic carbocycles. The molecule has 0 unspecified atom stereocenters. The minimum atomic E-state index is 0. The molecule has 1 aliphatic rings. The van der Waals surface area contributed by atoms with Gasteiger partial charge in [0.15, 0.2) is 5.76 Å². The van der Waals surface area contributed by atoms with Crippen molar-refractivity contribution in [1.29, 1.82) is 0 Å². The van der Waals surface area contributed by atoms with Gasteiger partial charge >= 0.3 is 0 Å². The van der Waals surface area contributed by atoms with Crippen molar-refractivity contribution in [2.45, 2.75) is 0 Å². The molecule has 96 valence electrons. The van der Waals surface area contributed by atoms with E-state index < -0.39 is 0 Å². The first kappa shape index (κ1) is 14.5. The lowest BCUT2D eigenvalue weighted by Crippen LogP contribution is -2.17. The number of hydrogen-bond acceptors (Lipinski definition) is 4. The van der Waals surface area contributed by atoms with E-state index in [0.29, 0.717) is 0 Å². The summed E-state index contributed by atoms with van der Waals surface area (Å²) < 4.78 is 5.14. The van der Waals surface area contributed by atoms with Gasteiger partial charge in [0, 0.05) is 23.9 Å². The Kier molecular flexibility index (Phi) is 5.19. The van der Waals surface area contributed by atoms with Gasteiger partial charge in [0.25, 0.3) is 0 Å². The van der Waals surface area contributed by atoms with E-state index in [-0.39, 0.29) is 24.8 Å². The van der Waals surface area contributed by atoms with Gasteiger partial charge in [-0.2, -0.15) is 0 Å². The van der Waals surface area contributed by atoms with E-state index in [1.807, 2.05) is 24.5 Å². The van der Waals surface area contributed by atoms with Gasteiger partial charge < -0.3 is 9.42 Å². The number of anilines is 1. The van der Waals surface area contributed by atoms with E-state index in [9.17, 15) is 0 Å². The fraction of sp³-hybridized carbons (Fsp3) is 0.167. The van der Waals surface area contributed by atoms with Gasteiger partial charge in [0.05, 0.1) is 19.1 Å². The summed E-state index contributed by atoms with van der Waals surface area (Å²) in [5.74, 6) is 0.790. The standard InChI is InChI=1S/C12H11N3O.2ClH/c1-2-10(12-4-5-14-16-12)8-11(3-1)15-7-6-13-9-15;;/h1-5,8-9H,6-7H2;2*1H. The average Bonchev–Trinajstić information content (AvgIpc) is 3.03. The van der Waals surface area contributed by atoms with Crippen molar-refractivity contribution in [3.63, 3.8) is 0 Å². The highest BCUT2D eigenvalue weighted by Gasteiger charge is 2.09. The molecule has 2 aromatic rings. The molecule has 0 fully saturated rings. The van der Waals surface area contributed by atoms with Gasteiger partial charge in [0.2, 0.25) is 0 Å². The maximum atomic E-state index is 5.14. The number of aromatic nitrogens is 1. The fourth-order valence-corrected chi connectivity index (χ4v) is 1.78. The molecule has 3 rings (SSSR count). The first-order chi connectivity index (χ1) is 7.93. The summed E-state index contributed by atoms with van der Waals surface area (Å²) in [5.41, 5.74) is 2.17. The number of halogens is 2. The minimum Gasteiger partial charge on any atom is -0.356 e. The average molecular weight is 286 g/mol. The number of nitrogens with zero attached hydrogens (tertiary/aromatic N) is 3. The van der Waals surface area contributed by atoms with Crippen molar-refractivity contribution in [3.8, 4) is 11.3 Å². The second kappa shape index (κ2) is 6.42. The van der Waals surface area contributed by atoms with Crippen LogP contribution in [0.4, 0.5) is 5.69 Å². The van der Waals surface area contributed by atoms with Crippen LogP contribution >= 0.6 is 24.8 Å². The fourth-order valence-electron chi connectivity index (χ4n) is 1.78. The maximum absolute atomic E-state index is 5.14. The second-order valence-corrected chi connectivity index (χ2v) is 3.64. The Bertz CT molecular complexity index is 514. The number of rotatable bonds is 2. The van der Waals surface area contributed by atoms with Crippen molar-refractivity contribution < 1.29 is 4.52 Å². The SMILES string of the molecule is C1=NCCN1c1cccc(-c2ccno2)c1.Cl.Cl. The molecule has 6 heteroatoms. The predicted molar refractivity (Wildman–Crippen MR) is 77.1 cm³/mol. The Balaban J connectivity index is 0.000000810. The number of hydrogen-bond donors (Lipinski definition) is 0. The molecule has 0 spiro atoms. The molecular weight excluding hydrogens is 273 g/mol. The monoisotopic (exact) mass is 285 g/mol. The molecule has 1 aromatic heterocycles. The van der Waals surface area contributed by atoms with Crippen LogP contribution in [-0.4, -0.2) is 24.6 Å². The van der Waals surface area contributed by atoms with Crippen LogP contribution in [0.1, 0.15) is 0 Å². The molecule has 0 amide bonds. The zero-order valence-electron chi connectivity index (χ0n) is 9.52. The summed E-state index contributed by atoms with van der Waals surface area (Å²) in [6.45, 7) is 1.81. The molecule has 0 atom stereocenters. The van der Waals surface area contributed by atoms with Crippen LogP contribution in [0.2, 0.25) is 0 Å². The Morgan fingerprint density at radius 1 is 1.17 bits per heavy atom. The number of aliphatic imine (C=N–C) groups is 1. The molecule has 0 saturated carbocycles. The molecule has 0 N–H and O–H groups in total. The molecule has 0 radical (unpaired) electrons. The first-order valence-electron chi connectivity index (χ1n) is 5.21. The zero-order valence-corrected chi connectivity index (χ0v) is 11.2.